The number of amides is 1. The highest BCUT2D eigenvalue weighted by Crippen LogP contribution is 2.53. The quantitative estimate of drug-likeness (QED) is 0.296. The van der Waals surface area contributed by atoms with Crippen LogP contribution in [-0.4, -0.2) is 29.9 Å². The van der Waals surface area contributed by atoms with Crippen molar-refractivity contribution in [2.45, 2.75) is 44.8 Å². The molecule has 1 amide bonds. The third-order valence-electron chi connectivity index (χ3n) is 7.50. The van der Waals surface area contributed by atoms with Gasteiger partial charge in [-0.05, 0) is 29.2 Å². The number of carbonyl (C=O) groups excluding carboxylic acids is 2. The molecule has 5 heteroatoms. The monoisotopic (exact) mass is 482 g/mol. The number of esters is 1. The third-order valence-corrected chi connectivity index (χ3v) is 7.50. The summed E-state index contributed by atoms with van der Waals surface area (Å²) >= 11 is 0. The summed E-state index contributed by atoms with van der Waals surface area (Å²) in [6.45, 7) is 9.15. The van der Waals surface area contributed by atoms with Gasteiger partial charge in [0.25, 0.3) is 0 Å². The molecule has 2 atom stereocenters. The first kappa shape index (κ1) is 25.4. The van der Waals surface area contributed by atoms with Crippen molar-refractivity contribution >= 4 is 17.6 Å². The summed E-state index contributed by atoms with van der Waals surface area (Å²) in [6.07, 6.45) is 2.07. The first-order valence-corrected chi connectivity index (χ1v) is 12.3. The molecule has 5 nitrogen and oxygen atoms in total. The summed E-state index contributed by atoms with van der Waals surface area (Å²) < 4.78 is 5.36. The van der Waals surface area contributed by atoms with E-state index in [0.29, 0.717) is 13.1 Å². The first-order valence-electron chi connectivity index (χ1n) is 12.3. The lowest BCUT2D eigenvalue weighted by Crippen LogP contribution is -2.53. The molecule has 0 aromatic heterocycles. The fourth-order valence-electron chi connectivity index (χ4n) is 5.29. The van der Waals surface area contributed by atoms with Crippen LogP contribution in [-0.2, 0) is 32.8 Å². The number of methoxy groups -OCH3 is 1. The molecule has 4 rings (SSSR count). The number of hydrogen-bond acceptors (Lipinski definition) is 4. The predicted molar refractivity (Wildman–Crippen MR) is 143 cm³/mol. The minimum Gasteiger partial charge on any atom is -0.468 e. The van der Waals surface area contributed by atoms with Crippen molar-refractivity contribution < 1.29 is 14.3 Å². The summed E-state index contributed by atoms with van der Waals surface area (Å²) in [5.74, 6) is -0.486. The van der Waals surface area contributed by atoms with Crippen molar-refractivity contribution in [3.63, 3.8) is 0 Å². The van der Waals surface area contributed by atoms with E-state index in [1.54, 1.807) is 0 Å². The Morgan fingerprint density at radius 2 is 1.50 bits per heavy atom. The molecule has 36 heavy (non-hydrogen) atoms. The summed E-state index contributed by atoms with van der Waals surface area (Å²) in [5, 5.41) is 3.07. The van der Waals surface area contributed by atoms with Crippen LogP contribution in [0.25, 0.3) is 0 Å². The Labute approximate surface area is 213 Å². The summed E-state index contributed by atoms with van der Waals surface area (Å²) in [4.78, 5) is 29.4. The molecule has 0 aliphatic carbocycles. The number of carbonyl (C=O) groups is 2. The Morgan fingerprint density at radius 3 is 2.03 bits per heavy atom. The van der Waals surface area contributed by atoms with Gasteiger partial charge in [-0.3, -0.25) is 14.5 Å². The van der Waals surface area contributed by atoms with E-state index in [-0.39, 0.29) is 18.3 Å². The standard InChI is InChI=1S/C31H34N2O3/c1-5-30(2,3)31(25-18-12-13-19-26(25)32-29(31)35)20-27(28(34)36-4)33(21-23-14-8-6-9-15-23)22-24-16-10-7-11-17-24/h5-19,27H,1,20-22H2,2-4H3,(H,32,35)/t27-,31+/m0/s1. The van der Waals surface area contributed by atoms with Crippen LogP contribution in [0.15, 0.2) is 97.6 Å². The highest BCUT2D eigenvalue weighted by molar-refractivity contribution is 6.07. The highest BCUT2D eigenvalue weighted by atomic mass is 16.5. The second-order valence-electron chi connectivity index (χ2n) is 9.95. The van der Waals surface area contributed by atoms with E-state index in [0.717, 1.165) is 22.4 Å². The topological polar surface area (TPSA) is 58.6 Å². The zero-order valence-corrected chi connectivity index (χ0v) is 21.2. The molecule has 0 bridgehead atoms. The zero-order valence-electron chi connectivity index (χ0n) is 21.2. The zero-order chi connectivity index (χ0) is 25.8. The number of fused-ring (bicyclic) bond motifs is 1. The van der Waals surface area contributed by atoms with Gasteiger partial charge in [0.1, 0.15) is 6.04 Å². The average Bonchev–Trinajstić information content (AvgIpc) is 3.20. The van der Waals surface area contributed by atoms with Gasteiger partial charge < -0.3 is 10.1 Å². The molecular formula is C31H34N2O3. The van der Waals surface area contributed by atoms with Crippen LogP contribution >= 0.6 is 0 Å². The minimum atomic E-state index is -1.00. The Morgan fingerprint density at radius 1 is 0.972 bits per heavy atom. The van der Waals surface area contributed by atoms with Crippen molar-refractivity contribution in [1.82, 2.24) is 4.90 Å². The second kappa shape index (κ2) is 10.5. The Hall–Kier alpha value is -3.70. The summed E-state index contributed by atoms with van der Waals surface area (Å²) in [5.41, 5.74) is 2.18. The van der Waals surface area contributed by atoms with Gasteiger partial charge in [0.05, 0.1) is 12.5 Å². The Kier molecular flexibility index (Phi) is 7.41. The maximum Gasteiger partial charge on any atom is 0.323 e. The molecule has 0 unspecified atom stereocenters. The number of benzene rings is 3. The van der Waals surface area contributed by atoms with Crippen LogP contribution < -0.4 is 5.32 Å². The van der Waals surface area contributed by atoms with Crippen molar-refractivity contribution in [3.8, 4) is 0 Å². The largest absolute Gasteiger partial charge is 0.468 e. The lowest BCUT2D eigenvalue weighted by Gasteiger charge is -2.44. The number of nitrogens with zero attached hydrogens (tertiary/aromatic N) is 1. The van der Waals surface area contributed by atoms with Crippen molar-refractivity contribution in [1.29, 1.82) is 0 Å². The smallest absolute Gasteiger partial charge is 0.323 e. The van der Waals surface area contributed by atoms with E-state index >= 15 is 0 Å². The fourth-order valence-corrected chi connectivity index (χ4v) is 5.29. The SMILES string of the molecule is C=CC(C)(C)[C@@]1(C[C@@H](C(=O)OC)N(Cc2ccccc2)Cc2ccccc2)C(=O)Nc2ccccc21. The molecular weight excluding hydrogens is 448 g/mol. The van der Waals surface area contributed by atoms with Crippen LogP contribution in [0.4, 0.5) is 5.69 Å². The van der Waals surface area contributed by atoms with Gasteiger partial charge in [0, 0.05) is 24.2 Å². The first-order chi connectivity index (χ1) is 17.3. The number of hydrogen-bond donors (Lipinski definition) is 1. The van der Waals surface area contributed by atoms with Crippen LogP contribution in [0.3, 0.4) is 0 Å². The Balaban J connectivity index is 1.83. The lowest BCUT2D eigenvalue weighted by molar-refractivity contribution is -0.149. The molecule has 0 fully saturated rings. The van der Waals surface area contributed by atoms with E-state index < -0.39 is 16.9 Å². The van der Waals surface area contributed by atoms with Crippen LogP contribution in [0, 0.1) is 5.41 Å². The van der Waals surface area contributed by atoms with Crippen molar-refractivity contribution in [3.05, 3.63) is 114 Å². The van der Waals surface area contributed by atoms with Gasteiger partial charge in [-0.1, -0.05) is 98.8 Å². The number of para-hydroxylation sites is 1. The van der Waals surface area contributed by atoms with E-state index in [2.05, 4.69) is 16.8 Å². The highest BCUT2D eigenvalue weighted by Gasteiger charge is 2.57. The van der Waals surface area contributed by atoms with Crippen LogP contribution in [0.1, 0.15) is 37.0 Å². The van der Waals surface area contributed by atoms with E-state index in [4.69, 9.17) is 4.74 Å². The number of anilines is 1. The lowest BCUT2D eigenvalue weighted by atomic mass is 9.59. The molecule has 0 spiro atoms. The molecule has 0 radical (unpaired) electrons. The van der Waals surface area contributed by atoms with Crippen LogP contribution in [0.5, 0.6) is 0 Å². The van der Waals surface area contributed by atoms with Crippen molar-refractivity contribution in [2.24, 2.45) is 5.41 Å². The van der Waals surface area contributed by atoms with Gasteiger partial charge in [-0.15, -0.1) is 6.58 Å². The molecule has 1 aliphatic rings. The fraction of sp³-hybridized carbons (Fsp3) is 0.290. The Bertz CT molecular complexity index is 1180. The predicted octanol–water partition coefficient (Wildman–Crippen LogP) is 5.72. The number of nitrogens with one attached hydrogen (secondary N) is 1. The molecule has 1 aliphatic heterocycles. The molecule has 3 aromatic rings. The minimum absolute atomic E-state index is 0.123. The number of allylic oxidation sites excluding steroid dienone is 1. The molecule has 0 saturated heterocycles. The summed E-state index contributed by atoms with van der Waals surface area (Å²) in [6, 6.07) is 27.2. The molecule has 1 heterocycles. The number of rotatable bonds is 10. The van der Waals surface area contributed by atoms with Gasteiger partial charge >= 0.3 is 5.97 Å². The van der Waals surface area contributed by atoms with Gasteiger partial charge in [-0.2, -0.15) is 0 Å². The molecule has 0 saturated carbocycles. The maximum atomic E-state index is 13.8. The third kappa shape index (κ3) is 4.71. The second-order valence-corrected chi connectivity index (χ2v) is 9.95. The van der Waals surface area contributed by atoms with Gasteiger partial charge in [0.2, 0.25) is 5.91 Å². The number of ether oxygens (including phenoxy) is 1. The van der Waals surface area contributed by atoms with E-state index in [1.165, 1.54) is 7.11 Å². The summed E-state index contributed by atoms with van der Waals surface area (Å²) in [7, 11) is 1.41. The van der Waals surface area contributed by atoms with Gasteiger partial charge in [0.15, 0.2) is 0 Å². The van der Waals surface area contributed by atoms with E-state index in [9.17, 15) is 9.59 Å². The molecule has 3 aromatic carbocycles. The normalized spacial score (nSPS) is 17.8. The van der Waals surface area contributed by atoms with Gasteiger partial charge in [-0.25, -0.2) is 0 Å². The van der Waals surface area contributed by atoms with Crippen molar-refractivity contribution in [2.75, 3.05) is 12.4 Å². The molecule has 1 N–H and O–H groups in total. The maximum absolute atomic E-state index is 13.8. The molecule has 186 valence electrons. The van der Waals surface area contributed by atoms with E-state index in [1.807, 2.05) is 105 Å². The van der Waals surface area contributed by atoms with Crippen LogP contribution in [0.2, 0.25) is 0 Å². The average molecular weight is 483 g/mol.